The fraction of sp³-hybridized carbons (Fsp3) is 0.316. The third kappa shape index (κ3) is 6.98. The van der Waals surface area contributed by atoms with E-state index in [1.165, 1.54) is 4.90 Å². The second-order valence-electron chi connectivity index (χ2n) is 5.65. The molecule has 0 bridgehead atoms. The number of amides is 1. The summed E-state index contributed by atoms with van der Waals surface area (Å²) in [5, 5.41) is 3.62. The van der Waals surface area contributed by atoms with E-state index in [1.54, 1.807) is 11.8 Å². The van der Waals surface area contributed by atoms with Crippen LogP contribution in [0.25, 0.3) is 0 Å². The number of halogens is 1. The van der Waals surface area contributed by atoms with Gasteiger partial charge >= 0.3 is 0 Å². The predicted molar refractivity (Wildman–Crippen MR) is 104 cm³/mol. The van der Waals surface area contributed by atoms with E-state index in [4.69, 9.17) is 22.1 Å². The normalized spacial score (nSPS) is 11.8. The van der Waals surface area contributed by atoms with Gasteiger partial charge in [-0.15, -0.1) is 11.8 Å². The molecule has 1 unspecified atom stereocenters. The monoisotopic (exact) mass is 378 g/mol. The molecule has 1 amide bonds. The van der Waals surface area contributed by atoms with Crippen molar-refractivity contribution >= 4 is 29.3 Å². The van der Waals surface area contributed by atoms with E-state index in [-0.39, 0.29) is 11.8 Å². The molecular weight excluding hydrogens is 356 g/mol. The van der Waals surface area contributed by atoms with Gasteiger partial charge in [0, 0.05) is 34.7 Å². The minimum absolute atomic E-state index is 0.0259. The van der Waals surface area contributed by atoms with Crippen molar-refractivity contribution < 1.29 is 9.53 Å². The molecule has 134 valence electrons. The van der Waals surface area contributed by atoms with E-state index in [9.17, 15) is 4.79 Å². The third-order valence-electron chi connectivity index (χ3n) is 3.63. The van der Waals surface area contributed by atoms with Crippen molar-refractivity contribution in [1.82, 2.24) is 5.32 Å². The first kappa shape index (κ1) is 19.6. The number of rotatable bonds is 9. The summed E-state index contributed by atoms with van der Waals surface area (Å²) < 4.78 is 5.74. The molecule has 2 aromatic rings. The number of carbonyl (C=O) groups is 1. The molecular formula is C19H23ClN2O2S. The zero-order chi connectivity index (χ0) is 18.1. The van der Waals surface area contributed by atoms with Gasteiger partial charge in [-0.2, -0.15) is 0 Å². The molecule has 1 atom stereocenters. The summed E-state index contributed by atoms with van der Waals surface area (Å²) in [5.74, 6) is 1.49. The van der Waals surface area contributed by atoms with Gasteiger partial charge in [-0.05, 0) is 42.0 Å². The van der Waals surface area contributed by atoms with Crippen LogP contribution in [0.15, 0.2) is 53.4 Å². The number of ether oxygens (including phenoxy) is 1. The Labute approximate surface area is 158 Å². The first-order valence-electron chi connectivity index (χ1n) is 8.16. The van der Waals surface area contributed by atoms with Crippen molar-refractivity contribution in [2.45, 2.75) is 18.4 Å². The highest BCUT2D eigenvalue weighted by Crippen LogP contribution is 2.20. The summed E-state index contributed by atoms with van der Waals surface area (Å²) in [6.07, 6.45) is 0. The first-order valence-corrected chi connectivity index (χ1v) is 9.52. The van der Waals surface area contributed by atoms with Crippen LogP contribution in [0.2, 0.25) is 5.02 Å². The van der Waals surface area contributed by atoms with Crippen LogP contribution in [0.3, 0.4) is 0 Å². The van der Waals surface area contributed by atoms with Gasteiger partial charge in [0.05, 0.1) is 6.61 Å². The van der Waals surface area contributed by atoms with Gasteiger partial charge in [0.25, 0.3) is 0 Å². The maximum absolute atomic E-state index is 11.7. The largest absolute Gasteiger partial charge is 0.493 e. The lowest BCUT2D eigenvalue weighted by atomic mass is 10.1. The van der Waals surface area contributed by atoms with Gasteiger partial charge in [-0.25, -0.2) is 0 Å². The molecule has 0 radical (unpaired) electrons. The molecule has 0 aliphatic heterocycles. The Morgan fingerprint density at radius 3 is 2.52 bits per heavy atom. The Hall–Kier alpha value is -1.69. The number of benzene rings is 2. The molecule has 2 aromatic carbocycles. The molecule has 4 nitrogen and oxygen atoms in total. The minimum Gasteiger partial charge on any atom is -0.493 e. The summed E-state index contributed by atoms with van der Waals surface area (Å²) in [7, 11) is 0. The fourth-order valence-corrected chi connectivity index (χ4v) is 2.88. The highest BCUT2D eigenvalue weighted by molar-refractivity contribution is 7.99. The number of hydrogen-bond donors (Lipinski definition) is 2. The molecule has 25 heavy (non-hydrogen) atoms. The topological polar surface area (TPSA) is 64.4 Å². The maximum Gasteiger partial charge on any atom is 0.224 e. The average molecular weight is 379 g/mol. The van der Waals surface area contributed by atoms with Crippen LogP contribution in [0, 0.1) is 5.92 Å². The molecule has 6 heteroatoms. The SMILES string of the molecule is CC(CN)C(=O)NCc1ccc(OCCSc2ccc(Cl)cc2)cc1. The zero-order valence-corrected chi connectivity index (χ0v) is 15.8. The Morgan fingerprint density at radius 1 is 1.20 bits per heavy atom. The van der Waals surface area contributed by atoms with Crippen LogP contribution in [-0.4, -0.2) is 24.8 Å². The van der Waals surface area contributed by atoms with Gasteiger partial charge in [0.2, 0.25) is 5.91 Å². The molecule has 0 saturated carbocycles. The molecule has 0 heterocycles. The lowest BCUT2D eigenvalue weighted by molar-refractivity contribution is -0.124. The van der Waals surface area contributed by atoms with E-state index >= 15 is 0 Å². The van der Waals surface area contributed by atoms with Crippen molar-refractivity contribution in [2.75, 3.05) is 18.9 Å². The van der Waals surface area contributed by atoms with Crippen molar-refractivity contribution in [2.24, 2.45) is 11.7 Å². The summed E-state index contributed by atoms with van der Waals surface area (Å²) >= 11 is 7.59. The van der Waals surface area contributed by atoms with E-state index in [0.717, 1.165) is 22.1 Å². The molecule has 0 aliphatic carbocycles. The third-order valence-corrected chi connectivity index (χ3v) is 4.85. The molecule has 0 aromatic heterocycles. The van der Waals surface area contributed by atoms with Gasteiger partial charge in [-0.3, -0.25) is 4.79 Å². The minimum atomic E-state index is -0.166. The average Bonchev–Trinajstić information content (AvgIpc) is 2.65. The highest BCUT2D eigenvalue weighted by atomic mass is 35.5. The molecule has 2 rings (SSSR count). The van der Waals surface area contributed by atoms with E-state index in [2.05, 4.69) is 5.32 Å². The summed E-state index contributed by atoms with van der Waals surface area (Å²) in [6, 6.07) is 15.5. The van der Waals surface area contributed by atoms with Crippen molar-refractivity contribution in [3.63, 3.8) is 0 Å². The van der Waals surface area contributed by atoms with E-state index in [0.29, 0.717) is 19.7 Å². The van der Waals surface area contributed by atoms with Crippen molar-refractivity contribution in [3.05, 3.63) is 59.1 Å². The van der Waals surface area contributed by atoms with Crippen LogP contribution in [0.1, 0.15) is 12.5 Å². The fourth-order valence-electron chi connectivity index (χ4n) is 2.02. The van der Waals surface area contributed by atoms with Crippen LogP contribution in [0.4, 0.5) is 0 Å². The zero-order valence-electron chi connectivity index (χ0n) is 14.2. The quantitative estimate of drug-likeness (QED) is 0.515. The smallest absolute Gasteiger partial charge is 0.224 e. The number of thioether (sulfide) groups is 1. The van der Waals surface area contributed by atoms with Gasteiger partial charge in [0.15, 0.2) is 0 Å². The number of nitrogens with two attached hydrogens (primary N) is 1. The summed E-state index contributed by atoms with van der Waals surface area (Å²) in [4.78, 5) is 12.9. The Kier molecular flexibility index (Phi) is 8.12. The lowest BCUT2D eigenvalue weighted by Crippen LogP contribution is -2.32. The second kappa shape index (κ2) is 10.3. The maximum atomic E-state index is 11.7. The Bertz CT molecular complexity index is 662. The highest BCUT2D eigenvalue weighted by Gasteiger charge is 2.09. The first-order chi connectivity index (χ1) is 12.1. The lowest BCUT2D eigenvalue weighted by Gasteiger charge is -2.11. The number of nitrogens with one attached hydrogen (secondary N) is 1. The van der Waals surface area contributed by atoms with Gasteiger partial charge in [-0.1, -0.05) is 30.7 Å². The molecule has 0 spiro atoms. The van der Waals surface area contributed by atoms with Gasteiger partial charge in [0.1, 0.15) is 5.75 Å². The Morgan fingerprint density at radius 2 is 1.88 bits per heavy atom. The second-order valence-corrected chi connectivity index (χ2v) is 7.25. The Balaban J connectivity index is 1.69. The van der Waals surface area contributed by atoms with Crippen LogP contribution in [0.5, 0.6) is 5.75 Å². The molecule has 0 aliphatic rings. The standard InChI is InChI=1S/C19H23ClN2O2S/c1-14(12-21)19(23)22-13-15-2-6-17(7-3-15)24-10-11-25-18-8-4-16(20)5-9-18/h2-9,14H,10-13,21H2,1H3,(H,22,23). The van der Waals surface area contributed by atoms with E-state index in [1.807, 2.05) is 55.5 Å². The number of carbonyl (C=O) groups excluding carboxylic acids is 1. The van der Waals surface area contributed by atoms with Crippen LogP contribution < -0.4 is 15.8 Å². The number of hydrogen-bond acceptors (Lipinski definition) is 4. The predicted octanol–water partition coefficient (Wildman–Crippen LogP) is 3.72. The molecule has 3 N–H and O–H groups in total. The molecule has 0 fully saturated rings. The van der Waals surface area contributed by atoms with Crippen LogP contribution >= 0.6 is 23.4 Å². The van der Waals surface area contributed by atoms with Gasteiger partial charge < -0.3 is 15.8 Å². The summed E-state index contributed by atoms with van der Waals surface area (Å²) in [6.45, 7) is 3.29. The summed E-state index contributed by atoms with van der Waals surface area (Å²) in [5.41, 5.74) is 6.51. The van der Waals surface area contributed by atoms with Crippen LogP contribution in [-0.2, 0) is 11.3 Å². The van der Waals surface area contributed by atoms with Crippen molar-refractivity contribution in [1.29, 1.82) is 0 Å². The molecule has 0 saturated heterocycles. The van der Waals surface area contributed by atoms with Crippen molar-refractivity contribution in [3.8, 4) is 5.75 Å². The van der Waals surface area contributed by atoms with E-state index < -0.39 is 0 Å².